The van der Waals surface area contributed by atoms with Crippen LogP contribution in [0, 0.1) is 13.8 Å². The fourth-order valence-electron chi connectivity index (χ4n) is 3.18. The molecule has 0 aromatic heterocycles. The van der Waals surface area contributed by atoms with E-state index in [0.717, 1.165) is 37.8 Å². The second-order valence-corrected chi connectivity index (χ2v) is 6.76. The molecule has 2 N–H and O–H groups in total. The van der Waals surface area contributed by atoms with Crippen molar-refractivity contribution < 1.29 is 9.53 Å². The molecule has 1 aromatic carbocycles. The Labute approximate surface area is 157 Å². The van der Waals surface area contributed by atoms with Gasteiger partial charge in [0.2, 0.25) is 5.91 Å². The molecule has 1 aromatic rings. The molecule has 0 radical (unpaired) electrons. The number of amides is 1. The summed E-state index contributed by atoms with van der Waals surface area (Å²) in [5.74, 6) is 1.89. The normalized spacial score (nSPS) is 17.3. The van der Waals surface area contributed by atoms with Gasteiger partial charge < -0.3 is 20.3 Å². The van der Waals surface area contributed by atoms with E-state index in [1.807, 2.05) is 30.9 Å². The first kappa shape index (κ1) is 20.1. The summed E-state index contributed by atoms with van der Waals surface area (Å²) >= 11 is 0. The monoisotopic (exact) mass is 360 g/mol. The van der Waals surface area contributed by atoms with Gasteiger partial charge in [-0.15, -0.1) is 0 Å². The minimum Gasteiger partial charge on any atom is -0.492 e. The molecule has 1 aliphatic rings. The molecule has 6 nitrogen and oxygen atoms in total. The van der Waals surface area contributed by atoms with Crippen molar-refractivity contribution in [1.82, 2.24) is 15.5 Å². The number of benzene rings is 1. The highest BCUT2D eigenvalue weighted by Gasteiger charge is 2.25. The third-order valence-electron chi connectivity index (χ3n) is 4.35. The minimum absolute atomic E-state index is 0.220. The van der Waals surface area contributed by atoms with Crippen LogP contribution in [0.4, 0.5) is 0 Å². The highest BCUT2D eigenvalue weighted by Crippen LogP contribution is 2.16. The number of carbonyl (C=O) groups is 1. The third kappa shape index (κ3) is 6.24. The molecule has 1 atom stereocenters. The largest absolute Gasteiger partial charge is 0.492 e. The number of carbonyl (C=O) groups excluding carboxylic acids is 1. The molecule has 1 amide bonds. The van der Waals surface area contributed by atoms with Crippen molar-refractivity contribution in [2.24, 2.45) is 4.99 Å². The van der Waals surface area contributed by atoms with Gasteiger partial charge in [0.1, 0.15) is 12.4 Å². The van der Waals surface area contributed by atoms with E-state index < -0.39 is 0 Å². The zero-order valence-electron chi connectivity index (χ0n) is 16.5. The number of ether oxygens (including phenoxy) is 1. The molecule has 26 heavy (non-hydrogen) atoms. The van der Waals surface area contributed by atoms with Crippen LogP contribution >= 0.6 is 0 Å². The van der Waals surface area contributed by atoms with Gasteiger partial charge in [0.15, 0.2) is 5.96 Å². The van der Waals surface area contributed by atoms with Crippen LogP contribution in [-0.2, 0) is 4.79 Å². The van der Waals surface area contributed by atoms with Crippen LogP contribution in [0.15, 0.2) is 23.2 Å². The van der Waals surface area contributed by atoms with E-state index in [2.05, 4.69) is 35.5 Å². The lowest BCUT2D eigenvalue weighted by Crippen LogP contribution is -2.45. The van der Waals surface area contributed by atoms with Gasteiger partial charge in [0, 0.05) is 32.1 Å². The van der Waals surface area contributed by atoms with Gasteiger partial charge >= 0.3 is 0 Å². The minimum atomic E-state index is 0.220. The van der Waals surface area contributed by atoms with Gasteiger partial charge in [-0.3, -0.25) is 4.79 Å². The first-order valence-corrected chi connectivity index (χ1v) is 9.55. The summed E-state index contributed by atoms with van der Waals surface area (Å²) in [7, 11) is 0. The number of guanidine groups is 1. The van der Waals surface area contributed by atoms with E-state index in [-0.39, 0.29) is 11.9 Å². The van der Waals surface area contributed by atoms with Gasteiger partial charge in [-0.1, -0.05) is 13.0 Å². The van der Waals surface area contributed by atoms with E-state index >= 15 is 0 Å². The average molecular weight is 361 g/mol. The fraction of sp³-hybridized carbons (Fsp3) is 0.600. The number of nitrogens with zero attached hydrogens (tertiary/aromatic N) is 2. The van der Waals surface area contributed by atoms with Crippen LogP contribution < -0.4 is 15.4 Å². The second kappa shape index (κ2) is 10.0. The number of nitrogens with one attached hydrogen (secondary N) is 2. The summed E-state index contributed by atoms with van der Waals surface area (Å²) in [6, 6.07) is 6.46. The molecule has 0 spiro atoms. The van der Waals surface area contributed by atoms with Gasteiger partial charge in [0.25, 0.3) is 0 Å². The van der Waals surface area contributed by atoms with Crippen molar-refractivity contribution in [1.29, 1.82) is 0 Å². The summed E-state index contributed by atoms with van der Waals surface area (Å²) in [5, 5.41) is 6.70. The first-order valence-electron chi connectivity index (χ1n) is 9.55. The summed E-state index contributed by atoms with van der Waals surface area (Å²) in [6.07, 6.45) is 1.52. The molecule has 1 fully saturated rings. The Hall–Kier alpha value is -2.24. The molecule has 144 valence electrons. The Morgan fingerprint density at radius 3 is 2.65 bits per heavy atom. The predicted molar refractivity (Wildman–Crippen MR) is 106 cm³/mol. The highest BCUT2D eigenvalue weighted by molar-refractivity contribution is 5.80. The van der Waals surface area contributed by atoms with Crippen molar-refractivity contribution in [3.05, 3.63) is 29.3 Å². The maximum Gasteiger partial charge on any atom is 0.222 e. The van der Waals surface area contributed by atoms with E-state index in [0.29, 0.717) is 19.6 Å². The summed E-state index contributed by atoms with van der Waals surface area (Å²) < 4.78 is 5.81. The lowest BCUT2D eigenvalue weighted by Gasteiger charge is -2.18. The quantitative estimate of drug-likeness (QED) is 0.445. The molecule has 0 aliphatic carbocycles. The molecule has 1 aliphatic heterocycles. The van der Waals surface area contributed by atoms with Gasteiger partial charge in [-0.2, -0.15) is 0 Å². The topological polar surface area (TPSA) is 66.0 Å². The zero-order valence-corrected chi connectivity index (χ0v) is 16.5. The number of rotatable bonds is 7. The lowest BCUT2D eigenvalue weighted by molar-refractivity contribution is -0.129. The van der Waals surface area contributed by atoms with E-state index in [4.69, 9.17) is 4.74 Å². The number of hydrogen-bond acceptors (Lipinski definition) is 3. The van der Waals surface area contributed by atoms with Crippen LogP contribution in [0.1, 0.15) is 37.8 Å². The number of likely N-dealkylation sites (tertiary alicyclic amines) is 1. The summed E-state index contributed by atoms with van der Waals surface area (Å²) in [4.78, 5) is 18.3. The average Bonchev–Trinajstić information content (AvgIpc) is 3.06. The van der Waals surface area contributed by atoms with Crippen LogP contribution in [-0.4, -0.2) is 55.6 Å². The zero-order chi connectivity index (χ0) is 18.9. The van der Waals surface area contributed by atoms with Crippen LogP contribution in [0.2, 0.25) is 0 Å². The molecular formula is C20H32N4O2. The van der Waals surface area contributed by atoms with Crippen molar-refractivity contribution in [3.63, 3.8) is 0 Å². The first-order chi connectivity index (χ1) is 12.5. The Balaban J connectivity index is 1.82. The molecule has 0 saturated carbocycles. The van der Waals surface area contributed by atoms with Gasteiger partial charge in [-0.05, 0) is 50.5 Å². The van der Waals surface area contributed by atoms with Crippen LogP contribution in [0.25, 0.3) is 0 Å². The lowest BCUT2D eigenvalue weighted by atomic mass is 10.1. The van der Waals surface area contributed by atoms with E-state index in [1.165, 1.54) is 11.1 Å². The Kier molecular flexibility index (Phi) is 7.75. The third-order valence-corrected chi connectivity index (χ3v) is 4.35. The highest BCUT2D eigenvalue weighted by atomic mass is 16.5. The van der Waals surface area contributed by atoms with E-state index in [9.17, 15) is 4.79 Å². The standard InChI is InChI=1S/C20H32N4O2/c1-5-19(25)24-9-7-17(14-24)23-20(21-6-2)22-8-10-26-18-12-15(3)11-16(4)13-18/h11-13,17H,5-10,14H2,1-4H3,(H2,21,22,23). The summed E-state index contributed by atoms with van der Waals surface area (Å²) in [5.41, 5.74) is 2.40. The Morgan fingerprint density at radius 2 is 2.00 bits per heavy atom. The maximum atomic E-state index is 11.8. The fourth-order valence-corrected chi connectivity index (χ4v) is 3.18. The molecule has 6 heteroatoms. The SMILES string of the molecule is CCNC(=NCCOc1cc(C)cc(C)c1)NC1CCN(C(=O)CC)C1. The number of aryl methyl sites for hydroxylation is 2. The number of aliphatic imine (C=N–C) groups is 1. The molecule has 1 saturated heterocycles. The van der Waals surface area contributed by atoms with Gasteiger partial charge in [0.05, 0.1) is 6.54 Å². The van der Waals surface area contributed by atoms with Crippen molar-refractivity contribution >= 4 is 11.9 Å². The van der Waals surface area contributed by atoms with Crippen LogP contribution in [0.5, 0.6) is 5.75 Å². The Morgan fingerprint density at radius 1 is 1.27 bits per heavy atom. The second-order valence-electron chi connectivity index (χ2n) is 6.76. The van der Waals surface area contributed by atoms with E-state index in [1.54, 1.807) is 0 Å². The van der Waals surface area contributed by atoms with Crippen molar-refractivity contribution in [3.8, 4) is 5.75 Å². The van der Waals surface area contributed by atoms with Crippen molar-refractivity contribution in [2.45, 2.75) is 46.6 Å². The molecule has 1 heterocycles. The van der Waals surface area contributed by atoms with Gasteiger partial charge in [-0.25, -0.2) is 4.99 Å². The molecule has 2 rings (SSSR count). The van der Waals surface area contributed by atoms with Crippen LogP contribution in [0.3, 0.4) is 0 Å². The maximum absolute atomic E-state index is 11.8. The molecule has 0 bridgehead atoms. The molecule has 1 unspecified atom stereocenters. The Bertz CT molecular complexity index is 610. The number of hydrogen-bond donors (Lipinski definition) is 2. The summed E-state index contributed by atoms with van der Waals surface area (Å²) in [6.45, 7) is 11.6. The predicted octanol–water partition coefficient (Wildman–Crippen LogP) is 2.25. The van der Waals surface area contributed by atoms with Crippen molar-refractivity contribution in [2.75, 3.05) is 32.8 Å². The molecular weight excluding hydrogens is 328 g/mol. The smallest absolute Gasteiger partial charge is 0.222 e.